The molecule has 0 aliphatic carbocycles. The van der Waals surface area contributed by atoms with Crippen LogP contribution in [0.3, 0.4) is 0 Å². The van der Waals surface area contributed by atoms with Crippen LogP contribution in [-0.2, 0) is 19.6 Å². The van der Waals surface area contributed by atoms with Crippen LogP contribution in [0.4, 0.5) is 0 Å². The van der Waals surface area contributed by atoms with Gasteiger partial charge in [-0.1, -0.05) is 6.42 Å². The van der Waals surface area contributed by atoms with E-state index in [1.54, 1.807) is 33.1 Å². The molecule has 1 heterocycles. The zero-order chi connectivity index (χ0) is 19.3. The minimum atomic E-state index is -3.69. The predicted molar refractivity (Wildman–Crippen MR) is 96.7 cm³/mol. The zero-order valence-corrected chi connectivity index (χ0v) is 16.1. The molecule has 1 aliphatic heterocycles. The van der Waals surface area contributed by atoms with E-state index in [1.165, 1.54) is 4.31 Å². The molecular weight excluding hydrogens is 358 g/mol. The average Bonchev–Trinajstić information content (AvgIpc) is 2.57. The first kappa shape index (κ1) is 20.3. The Morgan fingerprint density at radius 3 is 2.54 bits per heavy atom. The molecule has 0 radical (unpaired) electrons. The lowest BCUT2D eigenvalue weighted by Gasteiger charge is -2.35. The highest BCUT2D eigenvalue weighted by molar-refractivity contribution is 7.89. The zero-order valence-electron chi connectivity index (χ0n) is 15.3. The number of ether oxygens (including phenoxy) is 2. The van der Waals surface area contributed by atoms with Crippen LogP contribution in [0.2, 0.25) is 0 Å². The standard InChI is InChI=1S/C18H25NO6S/c1-13-10-16(24-3)11-14(2)18(13)26(22,23)19-8-5-4-6-15(19)12-25-9-7-17(20)21/h7,9-11,15H,4-6,8,12H2,1-3H3,(H,20,21)/b9-7+. The summed E-state index contributed by atoms with van der Waals surface area (Å²) in [6.45, 7) is 4.06. The van der Waals surface area contributed by atoms with E-state index in [4.69, 9.17) is 14.6 Å². The van der Waals surface area contributed by atoms with Gasteiger partial charge in [-0.15, -0.1) is 0 Å². The Hall–Kier alpha value is -2.06. The van der Waals surface area contributed by atoms with Crippen molar-refractivity contribution in [2.45, 2.75) is 44.0 Å². The largest absolute Gasteiger partial charge is 0.499 e. The number of hydrogen-bond acceptors (Lipinski definition) is 5. The molecule has 1 unspecified atom stereocenters. The van der Waals surface area contributed by atoms with Crippen molar-refractivity contribution in [3.63, 3.8) is 0 Å². The van der Waals surface area contributed by atoms with Crippen LogP contribution < -0.4 is 4.74 Å². The molecule has 0 spiro atoms. The molecule has 0 bridgehead atoms. The topological polar surface area (TPSA) is 93.1 Å². The second-order valence-electron chi connectivity index (χ2n) is 6.33. The van der Waals surface area contributed by atoms with Crippen LogP contribution in [0.15, 0.2) is 29.4 Å². The number of carboxylic acids is 1. The number of hydrogen-bond donors (Lipinski definition) is 1. The highest BCUT2D eigenvalue weighted by Gasteiger charge is 2.35. The molecular formula is C18H25NO6S. The SMILES string of the molecule is COc1cc(C)c(S(=O)(=O)N2CCCCC2CO/C=C/C(=O)O)c(C)c1. The van der Waals surface area contributed by atoms with Gasteiger partial charge in [0.05, 0.1) is 30.4 Å². The molecule has 2 rings (SSSR count). The predicted octanol–water partition coefficient (Wildman–Crippen LogP) is 2.47. The van der Waals surface area contributed by atoms with Crippen LogP contribution in [0.1, 0.15) is 30.4 Å². The summed E-state index contributed by atoms with van der Waals surface area (Å²) < 4.78 is 38.5. The van der Waals surface area contributed by atoms with Crippen molar-refractivity contribution < 1.29 is 27.8 Å². The normalized spacial score (nSPS) is 18.8. The molecule has 1 aliphatic rings. The van der Waals surface area contributed by atoms with Gasteiger partial charge in [0.25, 0.3) is 0 Å². The number of rotatable bonds is 7. The molecule has 8 heteroatoms. The summed E-state index contributed by atoms with van der Waals surface area (Å²) in [5.74, 6) is -0.487. The second-order valence-corrected chi connectivity index (χ2v) is 8.16. The van der Waals surface area contributed by atoms with E-state index in [-0.39, 0.29) is 12.6 Å². The molecule has 144 valence electrons. The van der Waals surface area contributed by atoms with Gasteiger partial charge in [0.2, 0.25) is 10.0 Å². The smallest absolute Gasteiger partial charge is 0.331 e. The lowest BCUT2D eigenvalue weighted by atomic mass is 10.1. The van der Waals surface area contributed by atoms with Crippen molar-refractivity contribution >= 4 is 16.0 Å². The number of benzene rings is 1. The van der Waals surface area contributed by atoms with E-state index in [1.807, 2.05) is 0 Å². The summed E-state index contributed by atoms with van der Waals surface area (Å²) in [7, 11) is -2.15. The Balaban J connectivity index is 2.29. The second kappa shape index (κ2) is 8.55. The molecule has 7 nitrogen and oxygen atoms in total. The average molecular weight is 383 g/mol. The minimum absolute atomic E-state index is 0.122. The lowest BCUT2D eigenvalue weighted by Crippen LogP contribution is -2.46. The number of carbonyl (C=O) groups is 1. The van der Waals surface area contributed by atoms with Gasteiger partial charge in [-0.05, 0) is 49.9 Å². The summed E-state index contributed by atoms with van der Waals surface area (Å²) in [5.41, 5.74) is 1.27. The van der Waals surface area contributed by atoms with Crippen molar-refractivity contribution in [3.8, 4) is 5.75 Å². The number of piperidine rings is 1. The highest BCUT2D eigenvalue weighted by atomic mass is 32.2. The molecule has 1 atom stereocenters. The van der Waals surface area contributed by atoms with Gasteiger partial charge in [0.1, 0.15) is 12.4 Å². The van der Waals surface area contributed by atoms with Crippen molar-refractivity contribution in [3.05, 3.63) is 35.6 Å². The highest BCUT2D eigenvalue weighted by Crippen LogP contribution is 2.31. The van der Waals surface area contributed by atoms with Crippen molar-refractivity contribution in [2.24, 2.45) is 0 Å². The Morgan fingerprint density at radius 2 is 1.96 bits per heavy atom. The summed E-state index contributed by atoms with van der Waals surface area (Å²) >= 11 is 0. The fourth-order valence-electron chi connectivity index (χ4n) is 3.28. The van der Waals surface area contributed by atoms with Gasteiger partial charge in [-0.3, -0.25) is 0 Å². The molecule has 1 N–H and O–H groups in total. The fraction of sp³-hybridized carbons (Fsp3) is 0.500. The number of carboxylic acid groups (broad SMARTS) is 1. The third kappa shape index (κ3) is 4.56. The van der Waals surface area contributed by atoms with Crippen LogP contribution in [0.5, 0.6) is 5.75 Å². The van der Waals surface area contributed by atoms with Gasteiger partial charge in [-0.25, -0.2) is 13.2 Å². The maximum absolute atomic E-state index is 13.3. The molecule has 1 saturated heterocycles. The van der Waals surface area contributed by atoms with E-state index >= 15 is 0 Å². The third-order valence-electron chi connectivity index (χ3n) is 4.40. The molecule has 1 fully saturated rings. The molecule has 0 amide bonds. The summed E-state index contributed by atoms with van der Waals surface area (Å²) in [4.78, 5) is 10.8. The first-order valence-electron chi connectivity index (χ1n) is 8.45. The van der Waals surface area contributed by atoms with Crippen LogP contribution in [-0.4, -0.2) is 50.1 Å². The van der Waals surface area contributed by atoms with Crippen molar-refractivity contribution in [1.29, 1.82) is 0 Å². The number of methoxy groups -OCH3 is 1. The Labute approximate surface area is 154 Å². The summed E-state index contributed by atoms with van der Waals surface area (Å²) in [6.07, 6.45) is 4.34. The number of aliphatic carboxylic acids is 1. The van der Waals surface area contributed by atoms with Gasteiger partial charge in [0, 0.05) is 6.54 Å². The van der Waals surface area contributed by atoms with Gasteiger partial charge in [-0.2, -0.15) is 4.31 Å². The van der Waals surface area contributed by atoms with E-state index in [0.717, 1.165) is 25.2 Å². The Bertz CT molecular complexity index is 764. The lowest BCUT2D eigenvalue weighted by molar-refractivity contribution is -0.131. The molecule has 1 aromatic rings. The Morgan fingerprint density at radius 1 is 1.31 bits per heavy atom. The molecule has 0 saturated carbocycles. The first-order valence-corrected chi connectivity index (χ1v) is 9.89. The van der Waals surface area contributed by atoms with Gasteiger partial charge < -0.3 is 14.6 Å². The monoisotopic (exact) mass is 383 g/mol. The quantitative estimate of drug-likeness (QED) is 0.574. The fourth-order valence-corrected chi connectivity index (χ4v) is 5.38. The van der Waals surface area contributed by atoms with Crippen LogP contribution >= 0.6 is 0 Å². The minimum Gasteiger partial charge on any atom is -0.499 e. The molecule has 0 aromatic heterocycles. The van der Waals surface area contributed by atoms with E-state index in [2.05, 4.69) is 0 Å². The van der Waals surface area contributed by atoms with Gasteiger partial charge >= 0.3 is 5.97 Å². The number of nitrogens with zero attached hydrogens (tertiary/aromatic N) is 1. The van der Waals surface area contributed by atoms with Crippen molar-refractivity contribution in [1.82, 2.24) is 4.31 Å². The van der Waals surface area contributed by atoms with E-state index < -0.39 is 16.0 Å². The molecule has 1 aromatic carbocycles. The summed E-state index contributed by atoms with van der Waals surface area (Å²) in [5, 5.41) is 8.60. The molecule has 26 heavy (non-hydrogen) atoms. The maximum Gasteiger partial charge on any atom is 0.331 e. The van der Waals surface area contributed by atoms with Crippen LogP contribution in [0.25, 0.3) is 0 Å². The van der Waals surface area contributed by atoms with Crippen molar-refractivity contribution in [2.75, 3.05) is 20.3 Å². The summed E-state index contributed by atoms with van der Waals surface area (Å²) in [6, 6.07) is 3.10. The number of sulfonamides is 1. The van der Waals surface area contributed by atoms with E-state index in [9.17, 15) is 13.2 Å². The third-order valence-corrected chi connectivity index (χ3v) is 6.66. The first-order chi connectivity index (χ1) is 12.3. The maximum atomic E-state index is 13.3. The van der Waals surface area contributed by atoms with E-state index in [0.29, 0.717) is 34.7 Å². The van der Waals surface area contributed by atoms with Crippen LogP contribution in [0, 0.1) is 13.8 Å². The number of aryl methyl sites for hydroxylation is 2. The Kier molecular flexibility index (Phi) is 6.66. The van der Waals surface area contributed by atoms with Gasteiger partial charge in [0.15, 0.2) is 0 Å².